The Kier molecular flexibility index (Phi) is 5.94. The van der Waals surface area contributed by atoms with Gasteiger partial charge in [-0.25, -0.2) is 13.1 Å². The average Bonchev–Trinajstić information content (AvgIpc) is 2.36. The van der Waals surface area contributed by atoms with Crippen molar-refractivity contribution in [2.45, 2.75) is 18.2 Å². The van der Waals surface area contributed by atoms with Gasteiger partial charge in [0.05, 0.1) is 4.90 Å². The first-order valence-electron chi connectivity index (χ1n) is 5.99. The molecule has 0 fully saturated rings. The molecule has 0 heterocycles. The van der Waals surface area contributed by atoms with Crippen molar-refractivity contribution >= 4 is 15.9 Å². The van der Waals surface area contributed by atoms with E-state index in [0.717, 1.165) is 5.56 Å². The van der Waals surface area contributed by atoms with E-state index in [9.17, 15) is 13.2 Å². The minimum atomic E-state index is -3.51. The SMILES string of the molecule is Cc1ccc(S(=O)(=O)NCCNC(=O)CCN)cc1. The first kappa shape index (κ1) is 15.6. The predicted molar refractivity (Wildman–Crippen MR) is 73.0 cm³/mol. The second-order valence-electron chi connectivity index (χ2n) is 4.10. The fourth-order valence-corrected chi connectivity index (χ4v) is 2.44. The Balaban J connectivity index is 2.43. The summed E-state index contributed by atoms with van der Waals surface area (Å²) in [6, 6.07) is 6.56. The monoisotopic (exact) mass is 285 g/mol. The van der Waals surface area contributed by atoms with Crippen LogP contribution < -0.4 is 15.8 Å². The Morgan fingerprint density at radius 1 is 1.21 bits per heavy atom. The third-order valence-corrected chi connectivity index (χ3v) is 3.92. The molecule has 0 aliphatic heterocycles. The predicted octanol–water partition coefficient (Wildman–Crippen LogP) is -0.262. The molecule has 0 radical (unpaired) electrons. The van der Waals surface area contributed by atoms with Crippen molar-refractivity contribution < 1.29 is 13.2 Å². The number of sulfonamides is 1. The molecule has 1 aromatic rings. The summed E-state index contributed by atoms with van der Waals surface area (Å²) in [7, 11) is -3.51. The summed E-state index contributed by atoms with van der Waals surface area (Å²) in [5.41, 5.74) is 6.21. The van der Waals surface area contributed by atoms with Gasteiger partial charge in [-0.1, -0.05) is 17.7 Å². The van der Waals surface area contributed by atoms with Gasteiger partial charge in [0.1, 0.15) is 0 Å². The van der Waals surface area contributed by atoms with Crippen molar-refractivity contribution in [1.82, 2.24) is 10.0 Å². The highest BCUT2D eigenvalue weighted by atomic mass is 32.2. The maximum Gasteiger partial charge on any atom is 0.240 e. The first-order valence-corrected chi connectivity index (χ1v) is 7.47. The lowest BCUT2D eigenvalue weighted by Gasteiger charge is -2.08. The Bertz CT molecular complexity index is 512. The summed E-state index contributed by atoms with van der Waals surface area (Å²) in [5.74, 6) is -0.183. The zero-order valence-corrected chi connectivity index (χ0v) is 11.7. The van der Waals surface area contributed by atoms with E-state index in [1.807, 2.05) is 6.92 Å². The van der Waals surface area contributed by atoms with Gasteiger partial charge < -0.3 is 11.1 Å². The molecule has 7 heteroatoms. The Morgan fingerprint density at radius 2 is 1.84 bits per heavy atom. The number of hydrogen-bond donors (Lipinski definition) is 3. The van der Waals surface area contributed by atoms with Gasteiger partial charge in [-0.2, -0.15) is 0 Å². The number of benzene rings is 1. The Labute approximate surface area is 113 Å². The molecule has 0 atom stereocenters. The van der Waals surface area contributed by atoms with E-state index < -0.39 is 10.0 Å². The second kappa shape index (κ2) is 7.22. The highest BCUT2D eigenvalue weighted by Crippen LogP contribution is 2.09. The van der Waals surface area contributed by atoms with Crippen molar-refractivity contribution in [3.63, 3.8) is 0 Å². The molecule has 0 bridgehead atoms. The van der Waals surface area contributed by atoms with Gasteiger partial charge in [0.15, 0.2) is 0 Å². The van der Waals surface area contributed by atoms with Crippen LogP contribution >= 0.6 is 0 Å². The molecule has 0 saturated carbocycles. The summed E-state index contributed by atoms with van der Waals surface area (Å²) >= 11 is 0. The summed E-state index contributed by atoms with van der Waals surface area (Å²) in [6.07, 6.45) is 0.241. The Hall–Kier alpha value is -1.44. The summed E-state index contributed by atoms with van der Waals surface area (Å²) in [6.45, 7) is 2.55. The van der Waals surface area contributed by atoms with Crippen molar-refractivity contribution in [1.29, 1.82) is 0 Å². The van der Waals surface area contributed by atoms with Crippen LogP contribution in [-0.2, 0) is 14.8 Å². The van der Waals surface area contributed by atoms with Crippen LogP contribution in [0, 0.1) is 6.92 Å². The van der Waals surface area contributed by atoms with E-state index in [1.54, 1.807) is 24.3 Å². The largest absolute Gasteiger partial charge is 0.355 e. The molecule has 0 saturated heterocycles. The third kappa shape index (κ3) is 5.37. The summed E-state index contributed by atoms with van der Waals surface area (Å²) < 4.78 is 26.2. The first-order chi connectivity index (χ1) is 8.95. The molecule has 1 amide bonds. The molecule has 1 aromatic carbocycles. The maximum absolute atomic E-state index is 11.9. The van der Waals surface area contributed by atoms with Crippen LogP contribution in [0.25, 0.3) is 0 Å². The number of rotatable bonds is 7. The number of hydrogen-bond acceptors (Lipinski definition) is 4. The number of amides is 1. The van der Waals surface area contributed by atoms with E-state index in [4.69, 9.17) is 5.73 Å². The van der Waals surface area contributed by atoms with E-state index in [-0.39, 0.29) is 36.9 Å². The van der Waals surface area contributed by atoms with Crippen LogP contribution in [0.5, 0.6) is 0 Å². The molecule has 0 aliphatic carbocycles. The quantitative estimate of drug-likeness (QED) is 0.601. The van der Waals surface area contributed by atoms with Gasteiger partial charge in [0.25, 0.3) is 0 Å². The number of nitrogens with one attached hydrogen (secondary N) is 2. The van der Waals surface area contributed by atoms with Crippen LogP contribution in [0.4, 0.5) is 0 Å². The van der Waals surface area contributed by atoms with Crippen LogP contribution in [0.3, 0.4) is 0 Å². The van der Waals surface area contributed by atoms with Gasteiger partial charge in [0, 0.05) is 26.1 Å². The Morgan fingerprint density at radius 3 is 2.42 bits per heavy atom. The van der Waals surface area contributed by atoms with Crippen LogP contribution in [0.15, 0.2) is 29.2 Å². The summed E-state index contributed by atoms with van der Waals surface area (Å²) in [4.78, 5) is 11.3. The van der Waals surface area contributed by atoms with E-state index >= 15 is 0 Å². The molecule has 1 rings (SSSR count). The van der Waals surface area contributed by atoms with Crippen LogP contribution in [0.1, 0.15) is 12.0 Å². The molecule has 6 nitrogen and oxygen atoms in total. The van der Waals surface area contributed by atoms with Crippen molar-refractivity contribution in [3.05, 3.63) is 29.8 Å². The minimum absolute atomic E-state index is 0.145. The van der Waals surface area contributed by atoms with Gasteiger partial charge in [-0.3, -0.25) is 4.79 Å². The molecule has 0 aromatic heterocycles. The van der Waals surface area contributed by atoms with Crippen LogP contribution in [0.2, 0.25) is 0 Å². The highest BCUT2D eigenvalue weighted by molar-refractivity contribution is 7.89. The fourth-order valence-electron chi connectivity index (χ4n) is 1.41. The minimum Gasteiger partial charge on any atom is -0.355 e. The zero-order chi connectivity index (χ0) is 14.3. The normalized spacial score (nSPS) is 11.3. The lowest BCUT2D eigenvalue weighted by Crippen LogP contribution is -2.35. The number of nitrogens with two attached hydrogens (primary N) is 1. The lowest BCUT2D eigenvalue weighted by atomic mass is 10.2. The van der Waals surface area contributed by atoms with Crippen molar-refractivity contribution in [3.8, 4) is 0 Å². The zero-order valence-electron chi connectivity index (χ0n) is 10.8. The average molecular weight is 285 g/mol. The molecule has 4 N–H and O–H groups in total. The van der Waals surface area contributed by atoms with E-state index in [0.29, 0.717) is 0 Å². The fraction of sp³-hybridized carbons (Fsp3) is 0.417. The number of aryl methyl sites for hydroxylation is 1. The number of carbonyl (C=O) groups excluding carboxylic acids is 1. The van der Waals surface area contributed by atoms with Gasteiger partial charge in [-0.15, -0.1) is 0 Å². The second-order valence-corrected chi connectivity index (χ2v) is 5.87. The summed E-state index contributed by atoms with van der Waals surface area (Å²) in [5, 5.41) is 2.57. The van der Waals surface area contributed by atoms with Crippen molar-refractivity contribution in [2.75, 3.05) is 19.6 Å². The molecule has 0 aliphatic rings. The van der Waals surface area contributed by atoms with E-state index in [1.165, 1.54) is 0 Å². The van der Waals surface area contributed by atoms with Gasteiger partial charge >= 0.3 is 0 Å². The molecular formula is C12H19N3O3S. The molecule has 0 spiro atoms. The lowest BCUT2D eigenvalue weighted by molar-refractivity contribution is -0.120. The number of carbonyl (C=O) groups is 1. The van der Waals surface area contributed by atoms with Gasteiger partial charge in [0.2, 0.25) is 15.9 Å². The molecular weight excluding hydrogens is 266 g/mol. The smallest absolute Gasteiger partial charge is 0.240 e. The van der Waals surface area contributed by atoms with Crippen molar-refractivity contribution in [2.24, 2.45) is 5.73 Å². The van der Waals surface area contributed by atoms with E-state index in [2.05, 4.69) is 10.0 Å². The third-order valence-electron chi connectivity index (χ3n) is 2.44. The molecule has 106 valence electrons. The molecule has 19 heavy (non-hydrogen) atoms. The highest BCUT2D eigenvalue weighted by Gasteiger charge is 2.12. The maximum atomic E-state index is 11.9. The van der Waals surface area contributed by atoms with Gasteiger partial charge in [-0.05, 0) is 19.1 Å². The topological polar surface area (TPSA) is 101 Å². The standard InChI is InChI=1S/C12H19N3O3S/c1-10-2-4-11(5-3-10)19(17,18)15-9-8-14-12(16)6-7-13/h2-5,15H,6-9,13H2,1H3,(H,14,16). The molecule has 0 unspecified atom stereocenters. The van der Waals surface area contributed by atoms with Crippen LogP contribution in [-0.4, -0.2) is 34.0 Å².